The van der Waals surface area contributed by atoms with Gasteiger partial charge in [0.25, 0.3) is 5.91 Å². The van der Waals surface area contributed by atoms with Gasteiger partial charge in [-0.1, -0.05) is 24.8 Å². The van der Waals surface area contributed by atoms with Crippen LogP contribution in [-0.4, -0.2) is 35.1 Å². The summed E-state index contributed by atoms with van der Waals surface area (Å²) in [6.45, 7) is 10.5. The number of fused-ring (bicyclic) bond motifs is 1. The van der Waals surface area contributed by atoms with Gasteiger partial charge in [-0.25, -0.2) is 9.37 Å². The Labute approximate surface area is 179 Å². The number of aliphatic imine (C=N–C) groups is 1. The van der Waals surface area contributed by atoms with Crippen LogP contribution in [0.15, 0.2) is 72.2 Å². The van der Waals surface area contributed by atoms with Crippen LogP contribution in [0.1, 0.15) is 28.7 Å². The first-order chi connectivity index (χ1) is 14.5. The van der Waals surface area contributed by atoms with Crippen molar-refractivity contribution in [3.8, 4) is 0 Å². The maximum absolute atomic E-state index is 13.3. The number of hydrogen-bond acceptors (Lipinski definition) is 5. The number of dihydropyridines is 1. The third kappa shape index (κ3) is 4.31. The van der Waals surface area contributed by atoms with E-state index in [0.29, 0.717) is 33.0 Å². The fourth-order valence-corrected chi connectivity index (χ4v) is 4.10. The number of allylic oxidation sites excluding steroid dienone is 4. The van der Waals surface area contributed by atoms with Gasteiger partial charge >= 0.3 is 0 Å². The van der Waals surface area contributed by atoms with Crippen LogP contribution in [0.5, 0.6) is 0 Å². The van der Waals surface area contributed by atoms with Gasteiger partial charge < -0.3 is 10.6 Å². The first kappa shape index (κ1) is 21.4. The smallest absolute Gasteiger partial charge is 0.270 e. The second kappa shape index (κ2) is 9.45. The zero-order chi connectivity index (χ0) is 21.7. The normalized spacial score (nSPS) is 14.2. The van der Waals surface area contributed by atoms with Crippen molar-refractivity contribution >= 4 is 44.9 Å². The molecule has 3 heterocycles. The fourth-order valence-electron chi connectivity index (χ4n) is 3.05. The highest BCUT2D eigenvalue weighted by atomic mass is 32.1. The lowest BCUT2D eigenvalue weighted by Gasteiger charge is -2.23. The van der Waals surface area contributed by atoms with Crippen LogP contribution in [0.25, 0.3) is 15.8 Å². The maximum atomic E-state index is 13.3. The van der Waals surface area contributed by atoms with Crippen molar-refractivity contribution in [3.63, 3.8) is 0 Å². The molecule has 1 amide bonds. The Bertz CT molecular complexity index is 1120. The Kier molecular flexibility index (Phi) is 6.74. The summed E-state index contributed by atoms with van der Waals surface area (Å²) >= 11 is 1.24. The van der Waals surface area contributed by atoms with Gasteiger partial charge in [-0.05, 0) is 37.1 Å². The second-order valence-corrected chi connectivity index (χ2v) is 7.70. The summed E-state index contributed by atoms with van der Waals surface area (Å²) in [5, 5.41) is 0.734. The maximum Gasteiger partial charge on any atom is 0.270 e. The third-order valence-corrected chi connectivity index (χ3v) is 5.80. The number of thiophene rings is 1. The van der Waals surface area contributed by atoms with Crippen LogP contribution in [0, 0.1) is 0 Å². The first-order valence-corrected chi connectivity index (χ1v) is 10.2. The summed E-state index contributed by atoms with van der Waals surface area (Å²) in [5.41, 5.74) is 9.57. The molecule has 0 unspecified atom stereocenters. The predicted octanol–water partition coefficient (Wildman–Crippen LogP) is 5.31. The number of hydrogen-bond donors (Lipinski definition) is 1. The molecule has 0 saturated heterocycles. The average molecular weight is 423 g/mol. The molecule has 5 nitrogen and oxygen atoms in total. The summed E-state index contributed by atoms with van der Waals surface area (Å²) in [6.07, 6.45) is 9.63. The highest BCUT2D eigenvalue weighted by Gasteiger charge is 2.24. The number of nitrogens with zero attached hydrogens (tertiary/aromatic N) is 3. The Morgan fingerprint density at radius 1 is 1.43 bits per heavy atom. The average Bonchev–Trinajstić information content (AvgIpc) is 3.11. The summed E-state index contributed by atoms with van der Waals surface area (Å²) in [7, 11) is 0. The van der Waals surface area contributed by atoms with Crippen molar-refractivity contribution in [2.45, 2.75) is 13.3 Å². The lowest BCUT2D eigenvalue weighted by atomic mass is 10.1. The van der Waals surface area contributed by atoms with E-state index in [4.69, 9.17) is 10.7 Å². The van der Waals surface area contributed by atoms with Crippen LogP contribution < -0.4 is 5.73 Å². The standard InChI is InChI=1S/C23H23FN4OS/c1-4-13-28(16(3)15(2)7-5-11-24)23(29)21-20(25)18-9-10-19(27-22(18)30-21)17-8-6-12-26-14-17/h4-5,7-11,14H,1,3,6,12-13,25H2,2H3/b11-5+,15-7-. The number of anilines is 1. The summed E-state index contributed by atoms with van der Waals surface area (Å²) in [5.74, 6) is -0.294. The lowest BCUT2D eigenvalue weighted by Crippen LogP contribution is -2.30. The molecule has 0 aliphatic carbocycles. The molecule has 1 aliphatic rings. The Hall–Kier alpha value is -3.32. The number of nitrogens with two attached hydrogens (primary N) is 1. The van der Waals surface area contributed by atoms with Crippen LogP contribution >= 0.6 is 11.3 Å². The summed E-state index contributed by atoms with van der Waals surface area (Å²) < 4.78 is 12.3. The minimum Gasteiger partial charge on any atom is -0.397 e. The molecule has 0 atom stereocenters. The summed E-state index contributed by atoms with van der Waals surface area (Å²) in [6, 6.07) is 3.77. The van der Waals surface area contributed by atoms with Crippen LogP contribution in [0.2, 0.25) is 0 Å². The monoisotopic (exact) mass is 422 g/mol. The van der Waals surface area contributed by atoms with Crippen LogP contribution in [0.3, 0.4) is 0 Å². The van der Waals surface area contributed by atoms with Gasteiger partial charge in [0, 0.05) is 36.0 Å². The molecule has 2 aromatic rings. The number of aromatic nitrogens is 1. The lowest BCUT2D eigenvalue weighted by molar-refractivity contribution is 0.0829. The molecular formula is C23H23FN4OS. The van der Waals surface area contributed by atoms with E-state index in [1.54, 1.807) is 19.1 Å². The first-order valence-electron chi connectivity index (χ1n) is 9.43. The quantitative estimate of drug-likeness (QED) is 0.486. The molecule has 0 bridgehead atoms. The highest BCUT2D eigenvalue weighted by Crippen LogP contribution is 2.35. The third-order valence-electron chi connectivity index (χ3n) is 4.69. The summed E-state index contributed by atoms with van der Waals surface area (Å²) in [4.78, 5) is 24.8. The van der Waals surface area contributed by atoms with Crippen molar-refractivity contribution < 1.29 is 9.18 Å². The van der Waals surface area contributed by atoms with E-state index in [1.165, 1.54) is 22.3 Å². The van der Waals surface area contributed by atoms with E-state index in [0.717, 1.165) is 29.6 Å². The van der Waals surface area contributed by atoms with E-state index in [9.17, 15) is 9.18 Å². The Morgan fingerprint density at radius 2 is 2.23 bits per heavy atom. The van der Waals surface area contributed by atoms with Gasteiger partial charge in [0.1, 0.15) is 9.71 Å². The van der Waals surface area contributed by atoms with Gasteiger partial charge in [-0.15, -0.1) is 17.9 Å². The molecule has 30 heavy (non-hydrogen) atoms. The van der Waals surface area contributed by atoms with Crippen LogP contribution in [0.4, 0.5) is 10.1 Å². The number of amides is 1. The predicted molar refractivity (Wildman–Crippen MR) is 124 cm³/mol. The molecule has 2 aromatic heterocycles. The fraction of sp³-hybridized carbons (Fsp3) is 0.174. The molecule has 1 aliphatic heterocycles. The Morgan fingerprint density at radius 3 is 2.90 bits per heavy atom. The van der Waals surface area contributed by atoms with E-state index in [1.807, 2.05) is 18.3 Å². The van der Waals surface area contributed by atoms with E-state index < -0.39 is 0 Å². The van der Waals surface area contributed by atoms with Crippen LogP contribution in [-0.2, 0) is 0 Å². The number of halogens is 1. The minimum atomic E-state index is -0.294. The molecule has 154 valence electrons. The van der Waals surface area contributed by atoms with Gasteiger partial charge in [0.2, 0.25) is 0 Å². The highest BCUT2D eigenvalue weighted by molar-refractivity contribution is 7.21. The van der Waals surface area contributed by atoms with Crippen molar-refractivity contribution in [1.29, 1.82) is 0 Å². The molecule has 0 aromatic carbocycles. The molecule has 0 radical (unpaired) electrons. The number of pyridine rings is 1. The zero-order valence-electron chi connectivity index (χ0n) is 16.8. The minimum absolute atomic E-state index is 0.248. The molecule has 2 N–H and O–H groups in total. The van der Waals surface area contributed by atoms with Gasteiger partial charge in [0.05, 0.1) is 17.7 Å². The van der Waals surface area contributed by atoms with Crippen molar-refractivity contribution in [2.75, 3.05) is 18.8 Å². The van der Waals surface area contributed by atoms with E-state index in [2.05, 4.69) is 24.2 Å². The van der Waals surface area contributed by atoms with Crippen molar-refractivity contribution in [1.82, 2.24) is 9.88 Å². The molecule has 0 fully saturated rings. The van der Waals surface area contributed by atoms with E-state index >= 15 is 0 Å². The number of carbonyl (C=O) groups excluding carboxylic acids is 1. The van der Waals surface area contributed by atoms with E-state index in [-0.39, 0.29) is 12.5 Å². The SMILES string of the molecule is C=CCN(C(=C)/C(C)=C\C=C\F)C(=O)c1sc2nc(C3=CCCN=C3)ccc2c1N. The number of carbonyl (C=O) groups is 1. The molecule has 7 heteroatoms. The molecule has 0 saturated carbocycles. The van der Waals surface area contributed by atoms with Crippen molar-refractivity contribution in [2.24, 2.45) is 4.99 Å². The molecule has 3 rings (SSSR count). The number of rotatable bonds is 7. The van der Waals surface area contributed by atoms with Gasteiger partial charge in [0.15, 0.2) is 0 Å². The topological polar surface area (TPSA) is 71.6 Å². The Balaban J connectivity index is 1.99. The molecule has 0 spiro atoms. The number of nitrogen functional groups attached to an aromatic ring is 1. The second-order valence-electron chi connectivity index (χ2n) is 6.70. The largest absolute Gasteiger partial charge is 0.397 e. The van der Waals surface area contributed by atoms with Gasteiger partial charge in [-0.3, -0.25) is 9.79 Å². The zero-order valence-corrected chi connectivity index (χ0v) is 17.6. The van der Waals surface area contributed by atoms with Gasteiger partial charge in [-0.2, -0.15) is 0 Å². The molecular weight excluding hydrogens is 399 g/mol. The van der Waals surface area contributed by atoms with Crippen molar-refractivity contribution in [3.05, 3.63) is 77.8 Å².